The van der Waals surface area contributed by atoms with Crippen molar-refractivity contribution in [1.29, 1.82) is 0 Å². The Morgan fingerprint density at radius 3 is 2.20 bits per heavy atom. The highest BCUT2D eigenvalue weighted by Gasteiger charge is 2.33. The Kier molecular flexibility index (Phi) is 8.30. The average Bonchev–Trinajstić information content (AvgIpc) is 2.78. The van der Waals surface area contributed by atoms with Gasteiger partial charge in [0, 0.05) is 5.33 Å². The van der Waals surface area contributed by atoms with Gasteiger partial charge in [-0.05, 0) is 47.5 Å². The lowest BCUT2D eigenvalue weighted by Gasteiger charge is -2.16. The molecule has 0 bridgehead atoms. The molecule has 0 spiro atoms. The maximum Gasteiger partial charge on any atom is 0.594 e. The Hall–Kier alpha value is -2.35. The van der Waals surface area contributed by atoms with Crippen molar-refractivity contribution in [3.05, 3.63) is 90.0 Å². The zero-order valence-electron chi connectivity index (χ0n) is 16.1. The second-order valence-corrected chi connectivity index (χ2v) is 7.90. The molecular formula is C21H20BrO7P. The van der Waals surface area contributed by atoms with Crippen molar-refractivity contribution in [1.82, 2.24) is 0 Å². The van der Waals surface area contributed by atoms with E-state index in [1.54, 1.807) is 42.5 Å². The molecule has 30 heavy (non-hydrogen) atoms. The van der Waals surface area contributed by atoms with E-state index in [1.807, 2.05) is 36.4 Å². The number of alkyl halides is 1. The summed E-state index contributed by atoms with van der Waals surface area (Å²) in [7, 11) is -3.01. The zero-order valence-corrected chi connectivity index (χ0v) is 18.6. The van der Waals surface area contributed by atoms with Crippen LogP contribution in [0.4, 0.5) is 0 Å². The maximum atomic E-state index is 12.7. The van der Waals surface area contributed by atoms with Gasteiger partial charge in [0.2, 0.25) is 0 Å². The monoisotopic (exact) mass is 494 g/mol. The van der Waals surface area contributed by atoms with Crippen molar-refractivity contribution in [2.45, 2.75) is 11.9 Å². The quantitative estimate of drug-likeness (QED) is 0.135. The minimum Gasteiger partial charge on any atom is -0.489 e. The van der Waals surface area contributed by atoms with Crippen molar-refractivity contribution >= 4 is 23.8 Å². The zero-order chi connectivity index (χ0) is 21.2. The highest BCUT2D eigenvalue weighted by molar-refractivity contribution is 9.08. The molecule has 0 aromatic heterocycles. The van der Waals surface area contributed by atoms with Crippen LogP contribution < -0.4 is 14.1 Å². The van der Waals surface area contributed by atoms with Crippen LogP contribution in [0.1, 0.15) is 11.1 Å². The van der Waals surface area contributed by atoms with Crippen LogP contribution in [0, 0.1) is 0 Å². The lowest BCUT2D eigenvalue weighted by molar-refractivity contribution is -0.228. The van der Waals surface area contributed by atoms with E-state index in [0.29, 0.717) is 17.7 Å². The summed E-state index contributed by atoms with van der Waals surface area (Å²) in [5.41, 5.74) is 1.98. The Morgan fingerprint density at radius 1 is 0.800 bits per heavy atom. The Morgan fingerprint density at radius 2 is 1.50 bits per heavy atom. The number of hydrogen-bond acceptors (Lipinski definition) is 7. The van der Waals surface area contributed by atoms with Crippen molar-refractivity contribution in [2.24, 2.45) is 0 Å². The number of benzene rings is 3. The second-order valence-electron chi connectivity index (χ2n) is 5.96. The summed E-state index contributed by atoms with van der Waals surface area (Å²) in [5, 5.41) is 0.607. The van der Waals surface area contributed by atoms with Gasteiger partial charge in [0.05, 0.1) is 7.11 Å². The van der Waals surface area contributed by atoms with E-state index in [9.17, 15) is 4.57 Å². The normalized spacial score (nSPS) is 12.7. The molecule has 0 aliphatic rings. The fourth-order valence-electron chi connectivity index (χ4n) is 2.37. The molecule has 0 heterocycles. The lowest BCUT2D eigenvalue weighted by Crippen LogP contribution is -2.05. The summed E-state index contributed by atoms with van der Waals surface area (Å²) in [5.74, 6) is 1.20. The van der Waals surface area contributed by atoms with Gasteiger partial charge >= 0.3 is 7.82 Å². The fraction of sp³-hybridized carbons (Fsp3) is 0.143. The van der Waals surface area contributed by atoms with Gasteiger partial charge in [0.15, 0.2) is 5.75 Å². The van der Waals surface area contributed by atoms with Gasteiger partial charge in [-0.1, -0.05) is 63.1 Å². The smallest absolute Gasteiger partial charge is 0.489 e. The number of rotatable bonds is 11. The van der Waals surface area contributed by atoms with E-state index in [0.717, 1.165) is 11.1 Å². The first-order valence-electron chi connectivity index (χ1n) is 8.90. The molecule has 9 heteroatoms. The largest absolute Gasteiger partial charge is 0.594 e. The molecule has 0 saturated heterocycles. The van der Waals surface area contributed by atoms with E-state index >= 15 is 0 Å². The minimum atomic E-state index is -4.19. The van der Waals surface area contributed by atoms with Gasteiger partial charge in [-0.15, -0.1) is 4.67 Å². The predicted molar refractivity (Wildman–Crippen MR) is 114 cm³/mol. The molecule has 0 fully saturated rings. The molecule has 0 saturated carbocycles. The molecule has 3 aromatic rings. The van der Waals surface area contributed by atoms with Crippen LogP contribution in [-0.4, -0.2) is 7.11 Å². The molecule has 1 unspecified atom stereocenters. The third-order valence-corrected chi connectivity index (χ3v) is 5.40. The van der Waals surface area contributed by atoms with Crippen LogP contribution in [0.2, 0.25) is 0 Å². The first-order valence-corrected chi connectivity index (χ1v) is 11.5. The molecule has 7 nitrogen and oxygen atoms in total. The Balaban J connectivity index is 1.57. The molecule has 3 aromatic carbocycles. The van der Waals surface area contributed by atoms with Crippen molar-refractivity contribution in [2.75, 3.05) is 7.11 Å². The van der Waals surface area contributed by atoms with Crippen LogP contribution in [0.25, 0.3) is 0 Å². The summed E-state index contributed by atoms with van der Waals surface area (Å²) >= 11 is 3.35. The van der Waals surface area contributed by atoms with Crippen molar-refractivity contribution in [3.8, 4) is 17.2 Å². The van der Waals surface area contributed by atoms with E-state index in [4.69, 9.17) is 18.8 Å². The number of halogens is 1. The second kappa shape index (κ2) is 11.2. The molecule has 0 amide bonds. The van der Waals surface area contributed by atoms with Crippen LogP contribution in [0.5, 0.6) is 17.2 Å². The first-order chi connectivity index (χ1) is 14.6. The molecular weight excluding hydrogens is 475 g/mol. The van der Waals surface area contributed by atoms with Gasteiger partial charge in [0.1, 0.15) is 18.1 Å². The van der Waals surface area contributed by atoms with E-state index in [2.05, 4.69) is 25.5 Å². The topological polar surface area (TPSA) is 72.5 Å². The third-order valence-electron chi connectivity index (χ3n) is 3.73. The fourth-order valence-corrected chi connectivity index (χ4v) is 3.54. The van der Waals surface area contributed by atoms with Crippen molar-refractivity contribution in [3.63, 3.8) is 0 Å². The highest BCUT2D eigenvalue weighted by Crippen LogP contribution is 2.50. The van der Waals surface area contributed by atoms with Gasteiger partial charge < -0.3 is 14.1 Å². The summed E-state index contributed by atoms with van der Waals surface area (Å²) < 4.78 is 33.4. The van der Waals surface area contributed by atoms with Gasteiger partial charge in [-0.2, -0.15) is 0 Å². The Bertz CT molecular complexity index is 967. The predicted octanol–water partition coefficient (Wildman–Crippen LogP) is 6.24. The average molecular weight is 495 g/mol. The molecule has 3 rings (SSSR count). The van der Waals surface area contributed by atoms with Gasteiger partial charge in [-0.3, -0.25) is 0 Å². The van der Waals surface area contributed by atoms with Crippen LogP contribution >= 0.6 is 23.8 Å². The standard InChI is InChI=1S/C21H20BrO7P/c1-24-28-30(23,27-21-9-5-8-18(14-21)15-22)29-26-20-12-10-19(11-13-20)25-16-17-6-3-2-4-7-17/h2-14H,15-16H2,1H3. The van der Waals surface area contributed by atoms with Crippen LogP contribution in [0.15, 0.2) is 78.9 Å². The molecule has 0 aliphatic heterocycles. The minimum absolute atomic E-state index is 0.278. The molecule has 158 valence electrons. The van der Waals surface area contributed by atoms with E-state index in [1.165, 1.54) is 7.11 Å². The van der Waals surface area contributed by atoms with Crippen molar-refractivity contribution < 1.29 is 32.9 Å². The van der Waals surface area contributed by atoms with Gasteiger partial charge in [-0.25, -0.2) is 9.45 Å². The molecule has 0 aliphatic carbocycles. The summed E-state index contributed by atoms with van der Waals surface area (Å²) in [6.07, 6.45) is 0. The third kappa shape index (κ3) is 6.86. The SMILES string of the molecule is COOP(=O)(OOc1ccc(OCc2ccccc2)cc1)Oc1cccc(CBr)c1. The highest BCUT2D eigenvalue weighted by atomic mass is 79.9. The molecule has 0 radical (unpaired) electrons. The Labute approximate surface area is 183 Å². The van der Waals surface area contributed by atoms with E-state index in [-0.39, 0.29) is 11.5 Å². The number of ether oxygens (including phenoxy) is 1. The van der Waals surface area contributed by atoms with Crippen LogP contribution in [0.3, 0.4) is 0 Å². The number of hydrogen-bond donors (Lipinski definition) is 0. The summed E-state index contributed by atoms with van der Waals surface area (Å²) in [4.78, 5) is 9.61. The van der Waals surface area contributed by atoms with Crippen LogP contribution in [-0.2, 0) is 30.7 Å². The maximum absolute atomic E-state index is 12.7. The number of phosphoric acid groups is 1. The van der Waals surface area contributed by atoms with E-state index < -0.39 is 7.82 Å². The summed E-state index contributed by atoms with van der Waals surface area (Å²) in [6, 6.07) is 23.3. The molecule has 0 N–H and O–H groups in total. The molecule has 1 atom stereocenters. The van der Waals surface area contributed by atoms with Gasteiger partial charge in [0.25, 0.3) is 0 Å². The first kappa shape index (κ1) is 22.3. The lowest BCUT2D eigenvalue weighted by atomic mass is 10.2. The summed E-state index contributed by atoms with van der Waals surface area (Å²) in [6.45, 7) is 0.440.